The number of anilines is 1. The Bertz CT molecular complexity index is 431. The van der Waals surface area contributed by atoms with Crippen LogP contribution in [0, 0.1) is 11.7 Å². The summed E-state index contributed by atoms with van der Waals surface area (Å²) in [6.07, 6.45) is 6.19. The Hall–Kier alpha value is -1.09. The highest BCUT2D eigenvalue weighted by molar-refractivity contribution is 5.49. The van der Waals surface area contributed by atoms with Gasteiger partial charge in [0.1, 0.15) is 5.82 Å². The molecule has 0 aromatic heterocycles. The zero-order chi connectivity index (χ0) is 14.5. The maximum atomic E-state index is 14.3. The predicted octanol–water partition coefficient (Wildman–Crippen LogP) is 4.25. The summed E-state index contributed by atoms with van der Waals surface area (Å²) in [4.78, 5) is 2.20. The van der Waals surface area contributed by atoms with Crippen molar-refractivity contribution in [1.82, 2.24) is 0 Å². The minimum Gasteiger partial charge on any atom is -0.369 e. The van der Waals surface area contributed by atoms with Crippen LogP contribution in [0.2, 0.25) is 0 Å². The molecule has 0 aliphatic carbocycles. The minimum absolute atomic E-state index is 0.114. The van der Waals surface area contributed by atoms with E-state index in [9.17, 15) is 4.39 Å². The van der Waals surface area contributed by atoms with E-state index in [0.717, 1.165) is 30.3 Å². The maximum Gasteiger partial charge on any atom is 0.146 e. The lowest BCUT2D eigenvalue weighted by molar-refractivity contribution is 0.435. The predicted molar refractivity (Wildman–Crippen MR) is 83.5 cm³/mol. The molecule has 0 radical (unpaired) electrons. The van der Waals surface area contributed by atoms with Crippen LogP contribution >= 0.6 is 0 Å². The monoisotopic (exact) mass is 278 g/mol. The molecule has 2 N–H and O–H groups in total. The Morgan fingerprint density at radius 1 is 1.35 bits per heavy atom. The van der Waals surface area contributed by atoms with Crippen molar-refractivity contribution in [2.45, 2.75) is 52.0 Å². The number of nitrogens with two attached hydrogens (primary N) is 1. The summed E-state index contributed by atoms with van der Waals surface area (Å²) in [5, 5.41) is 0. The minimum atomic E-state index is -0.131. The zero-order valence-corrected chi connectivity index (χ0v) is 12.7. The highest BCUT2D eigenvalue weighted by Gasteiger charge is 2.19. The number of benzene rings is 1. The van der Waals surface area contributed by atoms with Gasteiger partial charge in [0.2, 0.25) is 0 Å². The van der Waals surface area contributed by atoms with Crippen LogP contribution in [-0.2, 0) is 0 Å². The lowest BCUT2D eigenvalue weighted by atomic mass is 9.96. The van der Waals surface area contributed by atoms with Crippen molar-refractivity contribution in [3.05, 3.63) is 29.6 Å². The van der Waals surface area contributed by atoms with Crippen molar-refractivity contribution in [1.29, 1.82) is 0 Å². The van der Waals surface area contributed by atoms with E-state index >= 15 is 0 Å². The van der Waals surface area contributed by atoms with Gasteiger partial charge in [0.05, 0.1) is 5.69 Å². The van der Waals surface area contributed by atoms with Crippen LogP contribution in [0.1, 0.15) is 57.6 Å². The molecule has 0 bridgehead atoms. The molecule has 0 spiro atoms. The molecule has 0 amide bonds. The van der Waals surface area contributed by atoms with Crippen molar-refractivity contribution in [3.8, 4) is 0 Å². The van der Waals surface area contributed by atoms with Crippen LogP contribution < -0.4 is 10.6 Å². The summed E-state index contributed by atoms with van der Waals surface area (Å²) in [7, 11) is 0. The third-order valence-corrected chi connectivity index (χ3v) is 4.38. The summed E-state index contributed by atoms with van der Waals surface area (Å²) >= 11 is 0. The molecule has 2 rings (SSSR count). The topological polar surface area (TPSA) is 29.3 Å². The van der Waals surface area contributed by atoms with Crippen LogP contribution in [0.5, 0.6) is 0 Å². The van der Waals surface area contributed by atoms with Gasteiger partial charge in [-0.2, -0.15) is 0 Å². The van der Waals surface area contributed by atoms with E-state index in [1.165, 1.54) is 32.1 Å². The summed E-state index contributed by atoms with van der Waals surface area (Å²) < 4.78 is 14.3. The maximum absolute atomic E-state index is 14.3. The van der Waals surface area contributed by atoms with Crippen molar-refractivity contribution in [2.75, 3.05) is 18.0 Å². The first-order chi connectivity index (χ1) is 9.61. The molecule has 2 unspecified atom stereocenters. The number of nitrogens with zero attached hydrogens (tertiary/aromatic N) is 1. The quantitative estimate of drug-likeness (QED) is 0.892. The molecule has 1 fully saturated rings. The summed E-state index contributed by atoms with van der Waals surface area (Å²) in [6, 6.07) is 5.33. The smallest absolute Gasteiger partial charge is 0.146 e. The van der Waals surface area contributed by atoms with Gasteiger partial charge in [-0.3, -0.25) is 0 Å². The van der Waals surface area contributed by atoms with Gasteiger partial charge in [-0.15, -0.1) is 0 Å². The molecular weight excluding hydrogens is 251 g/mol. The first kappa shape index (κ1) is 15.3. The van der Waals surface area contributed by atoms with Gasteiger partial charge in [0.15, 0.2) is 0 Å². The lowest BCUT2D eigenvalue weighted by Gasteiger charge is -2.24. The average molecular weight is 278 g/mol. The largest absolute Gasteiger partial charge is 0.369 e. The fourth-order valence-corrected chi connectivity index (χ4v) is 3.17. The fourth-order valence-electron chi connectivity index (χ4n) is 3.17. The van der Waals surface area contributed by atoms with Crippen molar-refractivity contribution >= 4 is 5.69 Å². The number of hydrogen-bond donors (Lipinski definition) is 1. The van der Waals surface area contributed by atoms with Crippen molar-refractivity contribution in [2.24, 2.45) is 11.7 Å². The van der Waals surface area contributed by atoms with Gasteiger partial charge >= 0.3 is 0 Å². The van der Waals surface area contributed by atoms with Crippen LogP contribution in [0.4, 0.5) is 10.1 Å². The zero-order valence-electron chi connectivity index (χ0n) is 12.7. The van der Waals surface area contributed by atoms with Gasteiger partial charge in [-0.1, -0.05) is 25.8 Å². The molecule has 1 aliphatic rings. The highest BCUT2D eigenvalue weighted by Crippen LogP contribution is 2.28. The Balaban J connectivity index is 2.07. The van der Waals surface area contributed by atoms with Crippen LogP contribution in [0.3, 0.4) is 0 Å². The Morgan fingerprint density at radius 2 is 2.15 bits per heavy atom. The molecule has 3 heteroatoms. The molecular formula is C17H27FN2. The first-order valence-corrected chi connectivity index (χ1v) is 7.91. The summed E-state index contributed by atoms with van der Waals surface area (Å²) in [6.45, 7) is 6.07. The van der Waals surface area contributed by atoms with Gasteiger partial charge < -0.3 is 10.6 Å². The molecule has 1 aliphatic heterocycles. The Morgan fingerprint density at radius 3 is 2.80 bits per heavy atom. The Labute approximate surface area is 122 Å². The third kappa shape index (κ3) is 3.72. The van der Waals surface area contributed by atoms with Crippen LogP contribution in [0.25, 0.3) is 0 Å². The van der Waals surface area contributed by atoms with E-state index in [1.54, 1.807) is 6.07 Å². The van der Waals surface area contributed by atoms with E-state index < -0.39 is 0 Å². The molecule has 1 aromatic carbocycles. The lowest BCUT2D eigenvalue weighted by Crippen LogP contribution is -2.25. The van der Waals surface area contributed by atoms with Crippen molar-refractivity contribution < 1.29 is 4.39 Å². The number of rotatable bonds is 4. The number of hydrogen-bond acceptors (Lipinski definition) is 2. The van der Waals surface area contributed by atoms with E-state index in [0.29, 0.717) is 0 Å². The van der Waals surface area contributed by atoms with Crippen LogP contribution in [-0.4, -0.2) is 13.1 Å². The van der Waals surface area contributed by atoms with Gasteiger partial charge in [0.25, 0.3) is 0 Å². The number of halogens is 1. The molecule has 1 aromatic rings. The van der Waals surface area contributed by atoms with E-state index in [-0.39, 0.29) is 11.9 Å². The molecule has 2 nitrogen and oxygen atoms in total. The van der Waals surface area contributed by atoms with Gasteiger partial charge in [-0.05, 0) is 49.8 Å². The SMILES string of the molecule is CCCC1CCCN(c2ccc(C(C)N)cc2F)CC1. The van der Waals surface area contributed by atoms with Crippen molar-refractivity contribution in [3.63, 3.8) is 0 Å². The first-order valence-electron chi connectivity index (χ1n) is 7.91. The van der Waals surface area contributed by atoms with E-state index in [1.807, 2.05) is 19.1 Å². The summed E-state index contributed by atoms with van der Waals surface area (Å²) in [5.74, 6) is 0.685. The third-order valence-electron chi connectivity index (χ3n) is 4.38. The molecule has 2 atom stereocenters. The molecule has 1 heterocycles. The molecule has 20 heavy (non-hydrogen) atoms. The standard InChI is InChI=1S/C17H27FN2/c1-3-5-14-6-4-10-20(11-9-14)17-8-7-15(13(2)19)12-16(17)18/h7-8,12-14H,3-6,9-11,19H2,1-2H3. The normalized spacial score (nSPS) is 21.6. The van der Waals surface area contributed by atoms with E-state index in [2.05, 4.69) is 11.8 Å². The molecule has 112 valence electrons. The molecule has 1 saturated heterocycles. The molecule has 0 saturated carbocycles. The Kier molecular flexibility index (Phi) is 5.41. The second-order valence-corrected chi connectivity index (χ2v) is 6.07. The summed E-state index contributed by atoms with van der Waals surface area (Å²) in [5.41, 5.74) is 7.42. The van der Waals surface area contributed by atoms with Gasteiger partial charge in [0, 0.05) is 19.1 Å². The van der Waals surface area contributed by atoms with E-state index in [4.69, 9.17) is 5.73 Å². The van der Waals surface area contributed by atoms with Gasteiger partial charge in [-0.25, -0.2) is 4.39 Å². The highest BCUT2D eigenvalue weighted by atomic mass is 19.1. The van der Waals surface area contributed by atoms with Crippen LogP contribution in [0.15, 0.2) is 18.2 Å². The average Bonchev–Trinajstić information content (AvgIpc) is 2.65. The second kappa shape index (κ2) is 7.07. The fraction of sp³-hybridized carbons (Fsp3) is 0.647. The second-order valence-electron chi connectivity index (χ2n) is 6.07.